The van der Waals surface area contributed by atoms with Crippen molar-refractivity contribution in [2.24, 2.45) is 0 Å². The average molecular weight is 980 g/mol. The van der Waals surface area contributed by atoms with Crippen LogP contribution in [0.2, 0.25) is 0 Å². The first kappa shape index (κ1) is 66.3. The molecular formula is C65H102O6. The second kappa shape index (κ2) is 57.9. The maximum absolute atomic E-state index is 12.8. The van der Waals surface area contributed by atoms with Gasteiger partial charge in [0.05, 0.1) is 0 Å². The lowest BCUT2D eigenvalue weighted by molar-refractivity contribution is -0.166. The van der Waals surface area contributed by atoms with E-state index in [0.29, 0.717) is 19.3 Å². The molecule has 398 valence electrons. The van der Waals surface area contributed by atoms with Crippen LogP contribution in [-0.2, 0) is 28.6 Å². The highest BCUT2D eigenvalue weighted by Crippen LogP contribution is 2.12. The first-order valence-electron chi connectivity index (χ1n) is 28.3. The molecule has 1 unspecified atom stereocenters. The van der Waals surface area contributed by atoms with E-state index in [1.54, 1.807) is 0 Å². The Bertz CT molecular complexity index is 1590. The minimum absolute atomic E-state index is 0.127. The Morgan fingerprint density at radius 2 is 0.577 bits per heavy atom. The number of esters is 3. The van der Waals surface area contributed by atoms with Crippen LogP contribution in [0.3, 0.4) is 0 Å². The van der Waals surface area contributed by atoms with Gasteiger partial charge in [-0.05, 0) is 128 Å². The van der Waals surface area contributed by atoms with E-state index < -0.39 is 6.10 Å². The minimum atomic E-state index is -0.837. The molecule has 0 saturated heterocycles. The zero-order valence-electron chi connectivity index (χ0n) is 45.4. The van der Waals surface area contributed by atoms with E-state index in [1.807, 2.05) is 12.2 Å². The van der Waals surface area contributed by atoms with Crippen molar-refractivity contribution in [3.63, 3.8) is 0 Å². The Hall–Kier alpha value is -4.71. The summed E-state index contributed by atoms with van der Waals surface area (Å²) in [5, 5.41) is 0. The number of hydrogen-bond donors (Lipinski definition) is 0. The van der Waals surface area contributed by atoms with E-state index in [9.17, 15) is 14.4 Å². The van der Waals surface area contributed by atoms with Gasteiger partial charge in [0.1, 0.15) is 13.2 Å². The van der Waals surface area contributed by atoms with Crippen LogP contribution in [0.5, 0.6) is 0 Å². The van der Waals surface area contributed by atoms with E-state index in [-0.39, 0.29) is 44.0 Å². The summed E-state index contributed by atoms with van der Waals surface area (Å²) in [5.74, 6) is -1.06. The summed E-state index contributed by atoms with van der Waals surface area (Å²) in [6.45, 7) is 6.28. The van der Waals surface area contributed by atoms with Crippen LogP contribution in [0.4, 0.5) is 0 Å². The highest BCUT2D eigenvalue weighted by Gasteiger charge is 2.19. The lowest BCUT2D eigenvalue weighted by Gasteiger charge is -2.18. The standard InChI is InChI=1S/C65H102O6/c1-4-7-10-13-16-19-22-25-27-29-31-32-34-35-37-40-43-46-49-52-55-58-64(67)70-61-62(60-69-63(66)57-54-51-48-45-42-39-24-21-18-15-12-9-6-3)71-65(68)59-56-53-50-47-44-41-38-36-33-30-28-26-23-20-17-14-11-8-5-2/h8-9,11-12,17-18,20-22,25-26,28-29,31,33-36,39,41-42,44,48,51,62H,4-7,10,13-16,19,23-24,27,30,32,37-38,40,43,45-47,49-50,52-61H2,1-3H3/b11-8-,12-9-,20-17-,21-18-,25-22-,28-26-,31-29-,35-34-,36-33-,42-39-,44-41-,51-48-. The van der Waals surface area contributed by atoms with E-state index in [1.165, 1.54) is 51.4 Å². The van der Waals surface area contributed by atoms with Gasteiger partial charge in [0.25, 0.3) is 0 Å². The predicted molar refractivity (Wildman–Crippen MR) is 306 cm³/mol. The third-order valence-electron chi connectivity index (χ3n) is 11.3. The Balaban J connectivity index is 4.54. The highest BCUT2D eigenvalue weighted by atomic mass is 16.6. The number of hydrogen-bond acceptors (Lipinski definition) is 6. The maximum Gasteiger partial charge on any atom is 0.306 e. The van der Waals surface area contributed by atoms with Gasteiger partial charge in [-0.2, -0.15) is 0 Å². The summed E-state index contributed by atoms with van der Waals surface area (Å²) in [7, 11) is 0. The van der Waals surface area contributed by atoms with E-state index in [0.717, 1.165) is 122 Å². The fourth-order valence-corrected chi connectivity index (χ4v) is 7.13. The molecule has 0 aliphatic heterocycles. The summed E-state index contributed by atoms with van der Waals surface area (Å²) in [4.78, 5) is 38.1. The Morgan fingerprint density at radius 3 is 0.958 bits per heavy atom. The van der Waals surface area contributed by atoms with Crippen LogP contribution in [-0.4, -0.2) is 37.2 Å². The van der Waals surface area contributed by atoms with Gasteiger partial charge in [-0.15, -0.1) is 0 Å². The van der Waals surface area contributed by atoms with Crippen LogP contribution in [0.1, 0.15) is 226 Å². The summed E-state index contributed by atoms with van der Waals surface area (Å²) < 4.78 is 16.7. The molecule has 71 heavy (non-hydrogen) atoms. The zero-order valence-corrected chi connectivity index (χ0v) is 45.4. The second-order valence-electron chi connectivity index (χ2n) is 18.1. The first-order valence-corrected chi connectivity index (χ1v) is 28.3. The molecule has 0 N–H and O–H groups in total. The number of ether oxygens (including phenoxy) is 3. The van der Waals surface area contributed by atoms with Crippen LogP contribution < -0.4 is 0 Å². The molecule has 0 heterocycles. The fourth-order valence-electron chi connectivity index (χ4n) is 7.13. The van der Waals surface area contributed by atoms with Gasteiger partial charge in [-0.1, -0.05) is 224 Å². The van der Waals surface area contributed by atoms with Crippen LogP contribution in [0.15, 0.2) is 146 Å². The normalized spacial score (nSPS) is 13.2. The molecule has 0 radical (unpaired) electrons. The molecule has 6 heteroatoms. The lowest BCUT2D eigenvalue weighted by atomic mass is 10.1. The van der Waals surface area contributed by atoms with Crippen molar-refractivity contribution in [1.29, 1.82) is 0 Å². The molecule has 1 atom stereocenters. The van der Waals surface area contributed by atoms with Gasteiger partial charge in [0.2, 0.25) is 0 Å². The molecule has 0 aliphatic rings. The Morgan fingerprint density at radius 1 is 0.296 bits per heavy atom. The molecule has 0 saturated carbocycles. The molecule has 0 bridgehead atoms. The third-order valence-corrected chi connectivity index (χ3v) is 11.3. The SMILES string of the molecule is CC/C=C\C/C=C\C/C=C\C/C=C\C/C=C\CCCCCC(=O)OC(COC(=O)CC/C=C\C/C=C\C/C=C\C/C=C\CC)COC(=O)CCCCCCCC/C=C\C/C=C\C/C=C\CCCCCCC. The van der Waals surface area contributed by atoms with Crippen molar-refractivity contribution < 1.29 is 28.6 Å². The van der Waals surface area contributed by atoms with Crippen molar-refractivity contribution in [2.45, 2.75) is 232 Å². The lowest BCUT2D eigenvalue weighted by Crippen LogP contribution is -2.30. The van der Waals surface area contributed by atoms with Crippen molar-refractivity contribution in [2.75, 3.05) is 13.2 Å². The van der Waals surface area contributed by atoms with Crippen molar-refractivity contribution in [3.05, 3.63) is 146 Å². The van der Waals surface area contributed by atoms with E-state index >= 15 is 0 Å². The summed E-state index contributed by atoms with van der Waals surface area (Å²) in [6, 6.07) is 0. The average Bonchev–Trinajstić information content (AvgIpc) is 3.37. The molecule has 0 rings (SSSR count). The summed E-state index contributed by atoms with van der Waals surface area (Å²) in [5.41, 5.74) is 0. The maximum atomic E-state index is 12.8. The van der Waals surface area contributed by atoms with Crippen LogP contribution in [0.25, 0.3) is 0 Å². The molecule has 0 fully saturated rings. The molecule has 6 nitrogen and oxygen atoms in total. The third kappa shape index (κ3) is 56.1. The van der Waals surface area contributed by atoms with E-state index in [2.05, 4.69) is 154 Å². The fraction of sp³-hybridized carbons (Fsp3) is 0.585. The zero-order chi connectivity index (χ0) is 51.4. The number of carbonyl (C=O) groups is 3. The molecule has 0 aromatic carbocycles. The number of rotatable bonds is 49. The monoisotopic (exact) mass is 979 g/mol. The van der Waals surface area contributed by atoms with Gasteiger partial charge >= 0.3 is 17.9 Å². The Labute approximate surface area is 436 Å². The molecule has 0 aliphatic carbocycles. The summed E-state index contributed by atoms with van der Waals surface area (Å²) >= 11 is 0. The molecule has 0 aromatic heterocycles. The molecule has 0 amide bonds. The van der Waals surface area contributed by atoms with Crippen LogP contribution in [0, 0.1) is 0 Å². The van der Waals surface area contributed by atoms with Crippen molar-refractivity contribution in [3.8, 4) is 0 Å². The van der Waals surface area contributed by atoms with Crippen LogP contribution >= 0.6 is 0 Å². The largest absolute Gasteiger partial charge is 0.462 e. The van der Waals surface area contributed by atoms with Gasteiger partial charge in [0, 0.05) is 19.3 Å². The first-order chi connectivity index (χ1) is 35.0. The van der Waals surface area contributed by atoms with Gasteiger partial charge in [0.15, 0.2) is 6.10 Å². The second-order valence-corrected chi connectivity index (χ2v) is 18.1. The van der Waals surface area contributed by atoms with Crippen molar-refractivity contribution >= 4 is 17.9 Å². The molecule has 0 aromatic rings. The van der Waals surface area contributed by atoms with E-state index in [4.69, 9.17) is 14.2 Å². The smallest absolute Gasteiger partial charge is 0.306 e. The molecular weight excluding hydrogens is 877 g/mol. The van der Waals surface area contributed by atoms with Gasteiger partial charge in [-0.3, -0.25) is 14.4 Å². The molecule has 0 spiro atoms. The quantitative estimate of drug-likeness (QED) is 0.0262. The summed E-state index contributed by atoms with van der Waals surface area (Å²) in [6.07, 6.45) is 82.8. The number of unbranched alkanes of at least 4 members (excludes halogenated alkanes) is 14. The Kier molecular flexibility index (Phi) is 54.0. The number of carbonyl (C=O) groups excluding carboxylic acids is 3. The minimum Gasteiger partial charge on any atom is -0.462 e. The highest BCUT2D eigenvalue weighted by molar-refractivity contribution is 5.71. The topological polar surface area (TPSA) is 78.9 Å². The number of allylic oxidation sites excluding steroid dienone is 24. The van der Waals surface area contributed by atoms with Crippen molar-refractivity contribution in [1.82, 2.24) is 0 Å². The van der Waals surface area contributed by atoms with Gasteiger partial charge < -0.3 is 14.2 Å². The predicted octanol–water partition coefficient (Wildman–Crippen LogP) is 19.2. The van der Waals surface area contributed by atoms with Gasteiger partial charge in [-0.25, -0.2) is 0 Å².